The number of carbonyl (C=O) groups is 2. The molecular formula is C17H32ClN3O3. The Morgan fingerprint density at radius 2 is 2.00 bits per heavy atom. The largest absolute Gasteiger partial charge is 0.378 e. The lowest BCUT2D eigenvalue weighted by Gasteiger charge is -2.57. The number of nitrogens with zero attached hydrogens (tertiary/aromatic N) is 1. The van der Waals surface area contributed by atoms with E-state index in [2.05, 4.69) is 5.32 Å². The molecule has 0 aromatic carbocycles. The van der Waals surface area contributed by atoms with Crippen molar-refractivity contribution in [3.05, 3.63) is 0 Å². The lowest BCUT2D eigenvalue weighted by molar-refractivity contribution is -0.171. The molecule has 3 unspecified atom stereocenters. The van der Waals surface area contributed by atoms with Crippen molar-refractivity contribution in [3.63, 3.8) is 0 Å². The number of hydrogen-bond acceptors (Lipinski definition) is 4. The quantitative estimate of drug-likeness (QED) is 0.793. The molecule has 0 spiro atoms. The summed E-state index contributed by atoms with van der Waals surface area (Å²) in [6.07, 6.45) is 0.858. The topological polar surface area (TPSA) is 84.7 Å². The molecule has 140 valence electrons. The summed E-state index contributed by atoms with van der Waals surface area (Å²) in [5, 5.41) is 2.99. The highest BCUT2D eigenvalue weighted by Crippen LogP contribution is 2.49. The molecule has 24 heavy (non-hydrogen) atoms. The van der Waals surface area contributed by atoms with E-state index < -0.39 is 11.0 Å². The third-order valence-electron chi connectivity index (χ3n) is 5.51. The number of halogens is 1. The fourth-order valence-electron chi connectivity index (χ4n) is 3.59. The average molecular weight is 362 g/mol. The Balaban J connectivity index is 0.00000288. The van der Waals surface area contributed by atoms with Crippen LogP contribution in [0.3, 0.4) is 0 Å². The van der Waals surface area contributed by atoms with Gasteiger partial charge < -0.3 is 20.7 Å². The Morgan fingerprint density at radius 1 is 1.42 bits per heavy atom. The van der Waals surface area contributed by atoms with Crippen molar-refractivity contribution in [3.8, 4) is 0 Å². The van der Waals surface area contributed by atoms with Gasteiger partial charge in [-0.2, -0.15) is 0 Å². The van der Waals surface area contributed by atoms with Crippen LogP contribution in [-0.4, -0.2) is 53.1 Å². The van der Waals surface area contributed by atoms with E-state index in [4.69, 9.17) is 10.5 Å². The van der Waals surface area contributed by atoms with Crippen LogP contribution in [0.15, 0.2) is 0 Å². The summed E-state index contributed by atoms with van der Waals surface area (Å²) in [6.45, 7) is 13.0. The molecule has 1 saturated carbocycles. The van der Waals surface area contributed by atoms with Crippen molar-refractivity contribution >= 4 is 24.2 Å². The first-order chi connectivity index (χ1) is 10.4. The molecule has 1 aliphatic carbocycles. The Bertz CT molecular complexity index is 504. The van der Waals surface area contributed by atoms with Gasteiger partial charge in [0, 0.05) is 36.9 Å². The van der Waals surface area contributed by atoms with E-state index >= 15 is 0 Å². The first kappa shape index (κ1) is 21.2. The van der Waals surface area contributed by atoms with E-state index in [1.165, 1.54) is 0 Å². The Kier molecular flexibility index (Phi) is 6.01. The Hall–Kier alpha value is -0.850. The normalized spacial score (nSPS) is 32.1. The number of amides is 2. The maximum Gasteiger partial charge on any atom is 0.241 e. The van der Waals surface area contributed by atoms with Crippen molar-refractivity contribution in [1.82, 2.24) is 10.2 Å². The lowest BCUT2D eigenvalue weighted by atomic mass is 9.54. The predicted molar refractivity (Wildman–Crippen MR) is 96.0 cm³/mol. The van der Waals surface area contributed by atoms with Gasteiger partial charge in [-0.25, -0.2) is 0 Å². The summed E-state index contributed by atoms with van der Waals surface area (Å²) in [5.74, 6) is -0.0963. The van der Waals surface area contributed by atoms with Gasteiger partial charge in [0.1, 0.15) is 5.54 Å². The van der Waals surface area contributed by atoms with E-state index in [-0.39, 0.29) is 41.9 Å². The number of carbonyl (C=O) groups excluding carboxylic acids is 2. The van der Waals surface area contributed by atoms with Gasteiger partial charge in [-0.1, -0.05) is 13.8 Å². The zero-order chi connectivity index (χ0) is 17.6. The number of rotatable bonds is 4. The number of nitrogens with two attached hydrogens (primary N) is 1. The van der Waals surface area contributed by atoms with Gasteiger partial charge in [-0.15, -0.1) is 12.4 Å². The molecule has 0 aromatic rings. The minimum atomic E-state index is -0.939. The number of ether oxygens (including phenoxy) is 1. The van der Waals surface area contributed by atoms with Crippen molar-refractivity contribution in [2.75, 3.05) is 13.2 Å². The first-order valence-corrected chi connectivity index (χ1v) is 8.45. The molecule has 2 aliphatic rings. The highest BCUT2D eigenvalue weighted by Gasteiger charge is 2.63. The van der Waals surface area contributed by atoms with E-state index in [1.54, 1.807) is 0 Å². The second-order valence-corrected chi connectivity index (χ2v) is 8.39. The minimum Gasteiger partial charge on any atom is -0.378 e. The van der Waals surface area contributed by atoms with Crippen molar-refractivity contribution in [2.45, 2.75) is 77.6 Å². The smallest absolute Gasteiger partial charge is 0.241 e. The zero-order valence-electron chi connectivity index (χ0n) is 15.6. The second-order valence-electron chi connectivity index (χ2n) is 8.39. The Morgan fingerprint density at radius 3 is 2.42 bits per heavy atom. The summed E-state index contributed by atoms with van der Waals surface area (Å²) in [4.78, 5) is 26.7. The van der Waals surface area contributed by atoms with Crippen LogP contribution in [0.2, 0.25) is 0 Å². The zero-order valence-corrected chi connectivity index (χ0v) is 16.5. The SMILES string of the molecule is CCOC1CC(N)(C(=O)NC2CC(=O)N(C(C)(C)C)C2)C1(C)C.Cl. The van der Waals surface area contributed by atoms with Crippen LogP contribution in [0, 0.1) is 5.41 Å². The summed E-state index contributed by atoms with van der Waals surface area (Å²) < 4.78 is 5.67. The molecular weight excluding hydrogens is 330 g/mol. The molecule has 7 heteroatoms. The van der Waals surface area contributed by atoms with Gasteiger partial charge in [-0.3, -0.25) is 9.59 Å². The molecule has 1 heterocycles. The fourth-order valence-corrected chi connectivity index (χ4v) is 3.59. The van der Waals surface area contributed by atoms with Crippen molar-refractivity contribution < 1.29 is 14.3 Å². The number of hydrogen-bond donors (Lipinski definition) is 2. The van der Waals surface area contributed by atoms with Crippen LogP contribution >= 0.6 is 12.4 Å². The van der Waals surface area contributed by atoms with Crippen LogP contribution in [0.4, 0.5) is 0 Å². The molecule has 1 saturated heterocycles. The Labute approximate surface area is 151 Å². The highest BCUT2D eigenvalue weighted by molar-refractivity contribution is 5.90. The van der Waals surface area contributed by atoms with Gasteiger partial charge in [0.2, 0.25) is 11.8 Å². The third-order valence-corrected chi connectivity index (χ3v) is 5.51. The molecule has 2 rings (SSSR count). The molecule has 0 aromatic heterocycles. The first-order valence-electron chi connectivity index (χ1n) is 8.45. The standard InChI is InChI=1S/C17H31N3O3.ClH/c1-7-23-12-9-17(18,16(12,5)6)14(22)19-11-8-13(21)20(10-11)15(2,3)4;/h11-12H,7-10,18H2,1-6H3,(H,19,22);1H. The summed E-state index contributed by atoms with van der Waals surface area (Å²) in [6, 6.07) is -0.170. The molecule has 2 amide bonds. The summed E-state index contributed by atoms with van der Waals surface area (Å²) in [7, 11) is 0. The summed E-state index contributed by atoms with van der Waals surface area (Å²) in [5.41, 5.74) is 4.80. The van der Waals surface area contributed by atoms with Crippen LogP contribution in [-0.2, 0) is 14.3 Å². The number of nitrogens with one attached hydrogen (secondary N) is 1. The lowest BCUT2D eigenvalue weighted by Crippen LogP contribution is -2.76. The molecule has 2 fully saturated rings. The van der Waals surface area contributed by atoms with E-state index in [1.807, 2.05) is 46.4 Å². The van der Waals surface area contributed by atoms with Crippen LogP contribution in [0.1, 0.15) is 54.4 Å². The van der Waals surface area contributed by atoms with E-state index in [9.17, 15) is 9.59 Å². The van der Waals surface area contributed by atoms with Crippen LogP contribution in [0.5, 0.6) is 0 Å². The van der Waals surface area contributed by atoms with Crippen LogP contribution in [0.25, 0.3) is 0 Å². The van der Waals surface area contributed by atoms with Gasteiger partial charge in [0.25, 0.3) is 0 Å². The molecule has 3 N–H and O–H groups in total. The average Bonchev–Trinajstić information content (AvgIpc) is 2.79. The van der Waals surface area contributed by atoms with Gasteiger partial charge in [0.05, 0.1) is 12.1 Å². The van der Waals surface area contributed by atoms with Crippen LogP contribution < -0.4 is 11.1 Å². The monoisotopic (exact) mass is 361 g/mol. The maximum absolute atomic E-state index is 12.7. The highest BCUT2D eigenvalue weighted by atomic mass is 35.5. The fraction of sp³-hybridized carbons (Fsp3) is 0.882. The van der Waals surface area contributed by atoms with Gasteiger partial charge in [0.15, 0.2) is 0 Å². The molecule has 0 bridgehead atoms. The maximum atomic E-state index is 12.7. The predicted octanol–water partition coefficient (Wildman–Crippen LogP) is 1.46. The minimum absolute atomic E-state index is 0. The third kappa shape index (κ3) is 3.41. The van der Waals surface area contributed by atoms with Crippen molar-refractivity contribution in [2.24, 2.45) is 11.1 Å². The number of likely N-dealkylation sites (tertiary alicyclic amines) is 1. The van der Waals surface area contributed by atoms with Crippen molar-refractivity contribution in [1.29, 1.82) is 0 Å². The molecule has 6 nitrogen and oxygen atoms in total. The summed E-state index contributed by atoms with van der Waals surface area (Å²) >= 11 is 0. The van der Waals surface area contributed by atoms with E-state index in [0.717, 1.165) is 0 Å². The van der Waals surface area contributed by atoms with E-state index in [0.29, 0.717) is 26.0 Å². The van der Waals surface area contributed by atoms with Gasteiger partial charge in [-0.05, 0) is 27.7 Å². The van der Waals surface area contributed by atoms with Gasteiger partial charge >= 0.3 is 0 Å². The molecule has 1 aliphatic heterocycles. The molecule has 0 radical (unpaired) electrons. The second kappa shape index (κ2) is 6.81. The molecule has 3 atom stereocenters.